The third-order valence-corrected chi connectivity index (χ3v) is 4.30. The average molecular weight is 474 g/mol. The van der Waals surface area contributed by atoms with E-state index in [-0.39, 0.29) is 24.8 Å². The number of nitrogens with two attached hydrogens (primary N) is 2. The lowest BCUT2D eigenvalue weighted by molar-refractivity contribution is -0.688. The maximum Gasteiger partial charge on any atom is 0.178 e. The van der Waals surface area contributed by atoms with Gasteiger partial charge in [0.05, 0.1) is 11.1 Å². The molecule has 0 unspecified atom stereocenters. The van der Waals surface area contributed by atoms with Gasteiger partial charge in [0.1, 0.15) is 23.3 Å². The van der Waals surface area contributed by atoms with E-state index >= 15 is 0 Å². The van der Waals surface area contributed by atoms with Crippen LogP contribution in [-0.2, 0) is 13.1 Å². The van der Waals surface area contributed by atoms with Crippen LogP contribution in [0.15, 0.2) is 73.6 Å². The Kier molecular flexibility index (Phi) is 11.0. The van der Waals surface area contributed by atoms with Crippen molar-refractivity contribution >= 4 is 24.0 Å². The van der Waals surface area contributed by atoms with Gasteiger partial charge in [0.25, 0.3) is 0 Å². The molecule has 10 heteroatoms. The van der Waals surface area contributed by atoms with Gasteiger partial charge in [0.2, 0.25) is 0 Å². The number of pyridine rings is 2. The third kappa shape index (κ3) is 8.05. The van der Waals surface area contributed by atoms with Crippen LogP contribution in [0.1, 0.15) is 22.8 Å². The normalized spacial score (nSPS) is 9.56. The molecule has 0 aliphatic rings. The predicted molar refractivity (Wildman–Crippen MR) is 121 cm³/mol. The van der Waals surface area contributed by atoms with Gasteiger partial charge in [-0.3, -0.25) is 0 Å². The molecular weight excluding hydrogens is 447 g/mol. The predicted octanol–water partition coefficient (Wildman–Crippen LogP) is -1.17. The molecule has 0 bridgehead atoms. The molecule has 4 heterocycles. The molecule has 0 saturated heterocycles. The minimum atomic E-state index is 0. The lowest BCUT2D eigenvalue weighted by atomic mass is 10.3. The Hall–Kier alpha value is -3.36. The number of aryl methyl sites for hydroxylation is 2. The molecule has 4 aromatic heterocycles. The molecule has 0 saturated carbocycles. The fraction of sp³-hybridized carbons (Fsp3) is 0.182. The van der Waals surface area contributed by atoms with Crippen molar-refractivity contribution in [2.75, 3.05) is 11.5 Å². The lowest BCUT2D eigenvalue weighted by Gasteiger charge is -2.01. The number of anilines is 2. The van der Waals surface area contributed by atoms with Gasteiger partial charge in [0, 0.05) is 36.7 Å². The number of nitrogen functional groups attached to an aromatic ring is 2. The van der Waals surface area contributed by atoms with E-state index in [1.807, 2.05) is 84.2 Å². The van der Waals surface area contributed by atoms with Crippen molar-refractivity contribution in [2.24, 2.45) is 0 Å². The van der Waals surface area contributed by atoms with Gasteiger partial charge >= 0.3 is 0 Å². The first-order valence-electron chi connectivity index (χ1n) is 9.55. The van der Waals surface area contributed by atoms with Gasteiger partial charge < -0.3 is 23.9 Å². The monoisotopic (exact) mass is 473 g/mol. The van der Waals surface area contributed by atoms with Crippen LogP contribution in [0, 0.1) is 13.8 Å². The van der Waals surface area contributed by atoms with Crippen LogP contribution >= 0.6 is 12.4 Å². The zero-order valence-electron chi connectivity index (χ0n) is 18.0. The molecular formula is C22H27Cl2N8+. The first-order chi connectivity index (χ1) is 14.5. The van der Waals surface area contributed by atoms with E-state index in [1.165, 1.54) is 0 Å². The molecule has 8 nitrogen and oxygen atoms in total. The zero-order valence-corrected chi connectivity index (χ0v) is 19.5. The van der Waals surface area contributed by atoms with E-state index in [0.717, 1.165) is 11.1 Å². The van der Waals surface area contributed by atoms with Crippen LogP contribution in [0.4, 0.5) is 11.6 Å². The summed E-state index contributed by atoms with van der Waals surface area (Å²) in [6, 6.07) is 11.9. The highest BCUT2D eigenvalue weighted by Crippen LogP contribution is 2.06. The van der Waals surface area contributed by atoms with Crippen molar-refractivity contribution in [2.45, 2.75) is 26.9 Å². The number of halogens is 2. The maximum atomic E-state index is 5.80. The lowest BCUT2D eigenvalue weighted by Crippen LogP contribution is -3.00. The first kappa shape index (κ1) is 26.7. The average Bonchev–Trinajstić information content (AvgIpc) is 2.74. The Labute approximate surface area is 200 Å². The highest BCUT2D eigenvalue weighted by Gasteiger charge is 2.08. The summed E-state index contributed by atoms with van der Waals surface area (Å²) in [5.41, 5.74) is 13.5. The van der Waals surface area contributed by atoms with E-state index in [0.29, 0.717) is 36.4 Å². The number of aromatic nitrogens is 6. The quantitative estimate of drug-likeness (QED) is 0.361. The molecule has 0 radical (unpaired) electrons. The van der Waals surface area contributed by atoms with Crippen LogP contribution in [0.5, 0.6) is 0 Å². The summed E-state index contributed by atoms with van der Waals surface area (Å²) in [6.07, 6.45) is 11.5. The summed E-state index contributed by atoms with van der Waals surface area (Å²) in [5, 5.41) is 0. The topological polar surface area (TPSA) is 111 Å². The molecule has 32 heavy (non-hydrogen) atoms. The standard InChI is InChI=1S/2C11H13N4.2ClH/c2*1-9-13-7-10(11(12)14-9)8-15-5-3-2-4-6-15;;/h2*2-7H,8H2,1H3,(H2,12,13,14);2*1H/q2*+1;;/p-1. The second-order valence-corrected chi connectivity index (χ2v) is 6.75. The van der Waals surface area contributed by atoms with Crippen molar-refractivity contribution in [1.82, 2.24) is 19.9 Å². The SMILES string of the molecule is Cc1ncc(C[n+]2ccccc2)c(N)n1.Cc1ncc(C[n+]2ccccc2)c(N)n1.Cl.[Cl-]. The van der Waals surface area contributed by atoms with E-state index in [9.17, 15) is 0 Å². The van der Waals surface area contributed by atoms with Crippen LogP contribution < -0.4 is 33.0 Å². The summed E-state index contributed by atoms with van der Waals surface area (Å²) >= 11 is 0. The number of hydrogen-bond donors (Lipinski definition) is 2. The van der Waals surface area contributed by atoms with Crippen molar-refractivity contribution in [3.8, 4) is 0 Å². The Bertz CT molecular complexity index is 1010. The van der Waals surface area contributed by atoms with Gasteiger partial charge in [0.15, 0.2) is 37.9 Å². The molecule has 0 atom stereocenters. The van der Waals surface area contributed by atoms with Crippen LogP contribution in [0.25, 0.3) is 0 Å². The second kappa shape index (κ2) is 13.1. The molecule has 0 aliphatic carbocycles. The summed E-state index contributed by atoms with van der Waals surface area (Å²) in [4.78, 5) is 16.5. The molecule has 0 aromatic carbocycles. The van der Waals surface area contributed by atoms with E-state index in [2.05, 4.69) is 19.9 Å². The molecule has 4 N–H and O–H groups in total. The number of hydrogen-bond acceptors (Lipinski definition) is 6. The van der Waals surface area contributed by atoms with Gasteiger partial charge in [-0.05, 0) is 13.8 Å². The third-order valence-electron chi connectivity index (χ3n) is 4.30. The van der Waals surface area contributed by atoms with E-state index in [4.69, 9.17) is 11.5 Å². The summed E-state index contributed by atoms with van der Waals surface area (Å²) in [6.45, 7) is 5.06. The number of rotatable bonds is 4. The first-order valence-corrected chi connectivity index (χ1v) is 9.55. The van der Waals surface area contributed by atoms with Crippen LogP contribution in [-0.4, -0.2) is 19.9 Å². The van der Waals surface area contributed by atoms with Crippen molar-refractivity contribution in [3.63, 3.8) is 0 Å². The Morgan fingerprint density at radius 3 is 1.31 bits per heavy atom. The Morgan fingerprint density at radius 2 is 1.00 bits per heavy atom. The molecule has 0 spiro atoms. The van der Waals surface area contributed by atoms with Gasteiger partial charge in [-0.2, -0.15) is 0 Å². The maximum absolute atomic E-state index is 5.80. The summed E-state index contributed by atoms with van der Waals surface area (Å²) in [7, 11) is 0. The summed E-state index contributed by atoms with van der Waals surface area (Å²) in [5.74, 6) is 2.52. The van der Waals surface area contributed by atoms with Crippen LogP contribution in [0.3, 0.4) is 0 Å². The van der Waals surface area contributed by atoms with Gasteiger partial charge in [-0.25, -0.2) is 29.1 Å². The Morgan fingerprint density at radius 1 is 0.656 bits per heavy atom. The minimum absolute atomic E-state index is 0. The molecule has 4 aromatic rings. The minimum Gasteiger partial charge on any atom is -1.00 e. The second-order valence-electron chi connectivity index (χ2n) is 6.75. The summed E-state index contributed by atoms with van der Waals surface area (Å²) < 4.78 is 4.06. The molecule has 0 amide bonds. The smallest absolute Gasteiger partial charge is 0.178 e. The highest BCUT2D eigenvalue weighted by atomic mass is 35.5. The molecule has 0 fully saturated rings. The van der Waals surface area contributed by atoms with E-state index in [1.54, 1.807) is 12.4 Å². The fourth-order valence-corrected chi connectivity index (χ4v) is 2.74. The largest absolute Gasteiger partial charge is 1.00 e. The fourth-order valence-electron chi connectivity index (χ4n) is 2.74. The zero-order chi connectivity index (χ0) is 21.3. The molecule has 168 valence electrons. The van der Waals surface area contributed by atoms with Gasteiger partial charge in [-0.1, -0.05) is 12.1 Å². The van der Waals surface area contributed by atoms with Crippen LogP contribution in [0.2, 0.25) is 0 Å². The molecule has 0 aliphatic heterocycles. The molecule has 4 rings (SSSR count). The highest BCUT2D eigenvalue weighted by molar-refractivity contribution is 5.85. The van der Waals surface area contributed by atoms with E-state index < -0.39 is 0 Å². The van der Waals surface area contributed by atoms with Gasteiger partial charge in [-0.15, -0.1) is 12.4 Å². The number of nitrogens with zero attached hydrogens (tertiary/aromatic N) is 6. The van der Waals surface area contributed by atoms with Crippen molar-refractivity contribution in [1.29, 1.82) is 0 Å². The Balaban J connectivity index is 0.000000301. The van der Waals surface area contributed by atoms with Crippen molar-refractivity contribution < 1.29 is 21.5 Å². The van der Waals surface area contributed by atoms with Crippen molar-refractivity contribution in [3.05, 3.63) is 96.4 Å².